The molecule has 0 spiro atoms. The van der Waals surface area contributed by atoms with Gasteiger partial charge in [0.2, 0.25) is 5.91 Å². The maximum atomic E-state index is 11.8. The number of nitrogens with one attached hydrogen (secondary N) is 1. The van der Waals surface area contributed by atoms with Crippen molar-refractivity contribution in [1.82, 2.24) is 5.32 Å². The highest BCUT2D eigenvalue weighted by Crippen LogP contribution is 2.21. The summed E-state index contributed by atoms with van der Waals surface area (Å²) >= 11 is 1.72. The molecule has 0 bridgehead atoms. The molecular formula is C16H20N2O2S. The molecule has 2 aromatic rings. The molecule has 5 heteroatoms. The molecule has 0 saturated heterocycles. The number of thiophene rings is 1. The van der Waals surface area contributed by atoms with E-state index in [0.717, 1.165) is 0 Å². The summed E-state index contributed by atoms with van der Waals surface area (Å²) in [5.74, 6) is 0.600. The Balaban J connectivity index is 1.71. The van der Waals surface area contributed by atoms with Crippen molar-refractivity contribution in [3.8, 4) is 5.75 Å². The van der Waals surface area contributed by atoms with Crippen molar-refractivity contribution in [3.05, 3.63) is 45.6 Å². The molecular weight excluding hydrogens is 284 g/mol. The van der Waals surface area contributed by atoms with E-state index < -0.39 is 0 Å². The molecule has 0 fully saturated rings. The maximum Gasteiger partial charge on any atom is 0.223 e. The van der Waals surface area contributed by atoms with Crippen molar-refractivity contribution in [2.75, 3.05) is 12.3 Å². The summed E-state index contributed by atoms with van der Waals surface area (Å²) < 4.78 is 5.50. The fourth-order valence-electron chi connectivity index (χ4n) is 1.88. The van der Waals surface area contributed by atoms with Crippen LogP contribution < -0.4 is 15.8 Å². The predicted octanol–water partition coefficient (Wildman–Crippen LogP) is 3.03. The van der Waals surface area contributed by atoms with Gasteiger partial charge in [-0.1, -0.05) is 12.1 Å². The number of hydrogen-bond acceptors (Lipinski definition) is 4. The summed E-state index contributed by atoms with van der Waals surface area (Å²) in [5.41, 5.74) is 7.62. The predicted molar refractivity (Wildman–Crippen MR) is 86.6 cm³/mol. The number of rotatable bonds is 6. The van der Waals surface area contributed by atoms with Gasteiger partial charge in [-0.3, -0.25) is 4.79 Å². The normalized spacial score (nSPS) is 10.4. The lowest BCUT2D eigenvalue weighted by Crippen LogP contribution is -2.24. The highest BCUT2D eigenvalue weighted by molar-refractivity contribution is 7.12. The van der Waals surface area contributed by atoms with Gasteiger partial charge >= 0.3 is 0 Å². The average Bonchev–Trinajstić information content (AvgIpc) is 2.78. The molecule has 21 heavy (non-hydrogen) atoms. The van der Waals surface area contributed by atoms with Crippen LogP contribution in [0.15, 0.2) is 30.3 Å². The largest absolute Gasteiger partial charge is 0.491 e. The van der Waals surface area contributed by atoms with Crippen molar-refractivity contribution in [1.29, 1.82) is 0 Å². The molecule has 0 saturated carbocycles. The number of carbonyl (C=O) groups excluding carboxylic acids is 1. The highest BCUT2D eigenvalue weighted by Gasteiger charge is 2.06. The smallest absolute Gasteiger partial charge is 0.223 e. The summed E-state index contributed by atoms with van der Waals surface area (Å²) in [6, 6.07) is 9.38. The molecule has 112 valence electrons. The van der Waals surface area contributed by atoms with Crippen LogP contribution in [0.5, 0.6) is 5.75 Å². The monoisotopic (exact) mass is 304 g/mol. The molecule has 0 unspecified atom stereocenters. The van der Waals surface area contributed by atoms with E-state index in [1.54, 1.807) is 23.5 Å². The zero-order chi connectivity index (χ0) is 15.2. The zero-order valence-electron chi connectivity index (χ0n) is 12.3. The quantitative estimate of drug-likeness (QED) is 0.806. The minimum Gasteiger partial charge on any atom is -0.491 e. The van der Waals surface area contributed by atoms with Crippen LogP contribution in [0.2, 0.25) is 0 Å². The number of benzene rings is 1. The van der Waals surface area contributed by atoms with Gasteiger partial charge in [0.25, 0.3) is 0 Å². The van der Waals surface area contributed by atoms with Crippen molar-refractivity contribution in [3.63, 3.8) is 0 Å². The Morgan fingerprint density at radius 2 is 2.10 bits per heavy atom. The first kappa shape index (κ1) is 15.4. The minimum atomic E-state index is -0.0202. The van der Waals surface area contributed by atoms with Gasteiger partial charge in [-0.15, -0.1) is 11.3 Å². The Hall–Kier alpha value is -2.01. The van der Waals surface area contributed by atoms with Crippen LogP contribution >= 0.6 is 11.3 Å². The van der Waals surface area contributed by atoms with Crippen LogP contribution in [0.4, 0.5) is 5.69 Å². The number of carbonyl (C=O) groups is 1. The molecule has 0 aliphatic rings. The van der Waals surface area contributed by atoms with E-state index >= 15 is 0 Å². The van der Waals surface area contributed by atoms with Crippen molar-refractivity contribution >= 4 is 22.9 Å². The van der Waals surface area contributed by atoms with E-state index in [-0.39, 0.29) is 5.91 Å². The summed E-state index contributed by atoms with van der Waals surface area (Å²) in [6.07, 6.45) is 0.317. The number of anilines is 1. The number of hydrogen-bond donors (Lipinski definition) is 2. The average molecular weight is 304 g/mol. The van der Waals surface area contributed by atoms with Crippen LogP contribution in [-0.4, -0.2) is 12.5 Å². The van der Waals surface area contributed by atoms with Crippen molar-refractivity contribution < 1.29 is 9.53 Å². The topological polar surface area (TPSA) is 64.3 Å². The van der Waals surface area contributed by atoms with Gasteiger partial charge < -0.3 is 15.8 Å². The first-order valence-corrected chi connectivity index (χ1v) is 7.68. The van der Waals surface area contributed by atoms with Gasteiger partial charge in [0, 0.05) is 9.75 Å². The summed E-state index contributed by atoms with van der Waals surface area (Å²) in [7, 11) is 0. The van der Waals surface area contributed by atoms with Gasteiger partial charge in [0.15, 0.2) is 0 Å². The summed E-state index contributed by atoms with van der Waals surface area (Å²) in [4.78, 5) is 14.2. The van der Waals surface area contributed by atoms with Crippen LogP contribution in [0.3, 0.4) is 0 Å². The maximum absolute atomic E-state index is 11.8. The Morgan fingerprint density at radius 3 is 2.76 bits per heavy atom. The van der Waals surface area contributed by atoms with E-state index in [2.05, 4.69) is 25.2 Å². The third kappa shape index (κ3) is 4.49. The Bertz CT molecular complexity index is 603. The Labute approximate surface area is 128 Å². The van der Waals surface area contributed by atoms with E-state index in [1.165, 1.54) is 15.3 Å². The van der Waals surface area contributed by atoms with Crippen molar-refractivity contribution in [2.24, 2.45) is 0 Å². The third-order valence-corrected chi connectivity index (χ3v) is 4.34. The summed E-state index contributed by atoms with van der Waals surface area (Å²) in [6.45, 7) is 5.06. The third-order valence-electron chi connectivity index (χ3n) is 3.18. The second-order valence-corrected chi connectivity index (χ2v) is 6.21. The molecule has 2 rings (SSSR count). The molecule has 1 amide bonds. The molecule has 0 aliphatic carbocycles. The van der Waals surface area contributed by atoms with Gasteiger partial charge in [-0.2, -0.15) is 0 Å². The SMILES string of the molecule is Cc1cc(CNC(=O)CCOc2ccccc2N)sc1C. The number of amides is 1. The molecule has 1 aromatic heterocycles. The number of aryl methyl sites for hydroxylation is 2. The van der Waals surface area contributed by atoms with Gasteiger partial charge in [0.1, 0.15) is 5.75 Å². The first-order valence-electron chi connectivity index (χ1n) is 6.86. The number of nitrogens with two attached hydrogens (primary N) is 1. The van der Waals surface area contributed by atoms with E-state index in [0.29, 0.717) is 31.0 Å². The number of para-hydroxylation sites is 2. The molecule has 1 aromatic carbocycles. The molecule has 1 heterocycles. The second-order valence-electron chi connectivity index (χ2n) is 4.86. The zero-order valence-corrected chi connectivity index (χ0v) is 13.1. The first-order chi connectivity index (χ1) is 10.1. The Morgan fingerprint density at radius 1 is 1.33 bits per heavy atom. The molecule has 0 aliphatic heterocycles. The standard InChI is InChI=1S/C16H20N2O2S/c1-11-9-13(21-12(11)2)10-18-16(19)7-8-20-15-6-4-3-5-14(15)17/h3-6,9H,7-8,10,17H2,1-2H3,(H,18,19). The highest BCUT2D eigenvalue weighted by atomic mass is 32.1. The molecule has 0 atom stereocenters. The van der Waals surface area contributed by atoms with Gasteiger partial charge in [0.05, 0.1) is 25.3 Å². The molecule has 0 radical (unpaired) electrons. The van der Waals surface area contributed by atoms with Gasteiger partial charge in [-0.05, 0) is 37.6 Å². The van der Waals surface area contributed by atoms with Crippen LogP contribution in [0.25, 0.3) is 0 Å². The number of ether oxygens (including phenoxy) is 1. The van der Waals surface area contributed by atoms with Crippen LogP contribution in [-0.2, 0) is 11.3 Å². The van der Waals surface area contributed by atoms with Gasteiger partial charge in [-0.25, -0.2) is 0 Å². The van der Waals surface area contributed by atoms with Crippen molar-refractivity contribution in [2.45, 2.75) is 26.8 Å². The summed E-state index contributed by atoms with van der Waals surface area (Å²) in [5, 5.41) is 2.90. The van der Waals surface area contributed by atoms with Crippen LogP contribution in [0.1, 0.15) is 21.7 Å². The lowest BCUT2D eigenvalue weighted by molar-refractivity contribution is -0.121. The number of nitrogen functional groups attached to an aromatic ring is 1. The molecule has 3 N–H and O–H groups in total. The van der Waals surface area contributed by atoms with E-state index in [1.807, 2.05) is 12.1 Å². The fraction of sp³-hybridized carbons (Fsp3) is 0.312. The second kappa shape index (κ2) is 7.13. The van der Waals surface area contributed by atoms with E-state index in [9.17, 15) is 4.79 Å². The molecule has 4 nitrogen and oxygen atoms in total. The Kier molecular flexibility index (Phi) is 5.22. The lowest BCUT2D eigenvalue weighted by Gasteiger charge is -2.08. The minimum absolute atomic E-state index is 0.0202. The van der Waals surface area contributed by atoms with E-state index in [4.69, 9.17) is 10.5 Å². The fourth-order valence-corrected chi connectivity index (χ4v) is 2.87. The van der Waals surface area contributed by atoms with Crippen LogP contribution in [0, 0.1) is 13.8 Å². The lowest BCUT2D eigenvalue weighted by atomic mass is 10.3.